The third-order valence-corrected chi connectivity index (χ3v) is 9.15. The molecule has 0 radical (unpaired) electrons. The van der Waals surface area contributed by atoms with E-state index in [-0.39, 0.29) is 18.5 Å². The van der Waals surface area contributed by atoms with Gasteiger partial charge in [-0.05, 0) is 54.7 Å². The number of hydrogen-bond acceptors (Lipinski definition) is 4. The molecule has 9 heteroatoms. The monoisotopic (exact) mass is 639 g/mol. The van der Waals surface area contributed by atoms with Crippen molar-refractivity contribution in [2.75, 3.05) is 17.1 Å². The SMILES string of the molecule is Cc1ccccc1N(CC(=O)N(Cc1cccc(Br)c1)C(Cc1ccccc1)C(=O)NC1CCCCC1)S(C)(=O)=O. The van der Waals surface area contributed by atoms with Crippen LogP contribution in [0.25, 0.3) is 0 Å². The minimum absolute atomic E-state index is 0.0665. The number of carbonyl (C=O) groups is 2. The number of rotatable bonds is 11. The summed E-state index contributed by atoms with van der Waals surface area (Å²) >= 11 is 3.51. The Kier molecular flexibility index (Phi) is 10.6. The lowest BCUT2D eigenvalue weighted by Crippen LogP contribution is -2.55. The van der Waals surface area contributed by atoms with Crippen LogP contribution >= 0.6 is 15.9 Å². The summed E-state index contributed by atoms with van der Waals surface area (Å²) < 4.78 is 27.9. The number of nitrogens with zero attached hydrogens (tertiary/aromatic N) is 2. The van der Waals surface area contributed by atoms with Gasteiger partial charge in [0.25, 0.3) is 0 Å². The smallest absolute Gasteiger partial charge is 0.244 e. The van der Waals surface area contributed by atoms with Gasteiger partial charge in [-0.2, -0.15) is 0 Å². The van der Waals surface area contributed by atoms with Gasteiger partial charge in [0.1, 0.15) is 12.6 Å². The van der Waals surface area contributed by atoms with Crippen molar-refractivity contribution < 1.29 is 18.0 Å². The second-order valence-electron chi connectivity index (χ2n) is 10.8. The Bertz CT molecular complexity index is 1440. The molecule has 0 aliphatic heterocycles. The lowest BCUT2D eigenvalue weighted by atomic mass is 9.94. The van der Waals surface area contributed by atoms with Crippen LogP contribution in [0.4, 0.5) is 5.69 Å². The Labute approximate surface area is 252 Å². The molecule has 1 aliphatic carbocycles. The van der Waals surface area contributed by atoms with Crippen molar-refractivity contribution in [1.82, 2.24) is 10.2 Å². The highest BCUT2D eigenvalue weighted by Gasteiger charge is 2.34. The first kappa shape index (κ1) is 30.8. The zero-order valence-electron chi connectivity index (χ0n) is 23.6. The Morgan fingerprint density at radius 1 is 0.927 bits per heavy atom. The van der Waals surface area contributed by atoms with Crippen molar-refractivity contribution in [1.29, 1.82) is 0 Å². The molecule has 1 saturated carbocycles. The Balaban J connectivity index is 1.73. The van der Waals surface area contributed by atoms with Gasteiger partial charge in [0.05, 0.1) is 11.9 Å². The fraction of sp³-hybridized carbons (Fsp3) is 0.375. The molecule has 41 heavy (non-hydrogen) atoms. The number of halogens is 1. The van der Waals surface area contributed by atoms with E-state index >= 15 is 0 Å². The summed E-state index contributed by atoms with van der Waals surface area (Å²) in [6.45, 7) is 1.55. The maximum absolute atomic E-state index is 14.2. The van der Waals surface area contributed by atoms with E-state index in [9.17, 15) is 18.0 Å². The van der Waals surface area contributed by atoms with Crippen molar-refractivity contribution in [2.24, 2.45) is 0 Å². The Morgan fingerprint density at radius 2 is 1.59 bits per heavy atom. The zero-order chi connectivity index (χ0) is 29.4. The van der Waals surface area contributed by atoms with Crippen LogP contribution in [0.3, 0.4) is 0 Å². The molecular weight excluding hydrogens is 602 g/mol. The highest BCUT2D eigenvalue weighted by atomic mass is 79.9. The van der Waals surface area contributed by atoms with E-state index in [4.69, 9.17) is 0 Å². The molecule has 7 nitrogen and oxygen atoms in total. The molecule has 0 spiro atoms. The lowest BCUT2D eigenvalue weighted by Gasteiger charge is -2.35. The molecule has 218 valence electrons. The van der Waals surface area contributed by atoms with E-state index in [0.717, 1.165) is 63.8 Å². The zero-order valence-corrected chi connectivity index (χ0v) is 26.0. The summed E-state index contributed by atoms with van der Waals surface area (Å²) in [6, 6.07) is 23.5. The highest BCUT2D eigenvalue weighted by Crippen LogP contribution is 2.24. The van der Waals surface area contributed by atoms with Gasteiger partial charge in [-0.3, -0.25) is 13.9 Å². The molecular formula is C32H38BrN3O4S. The number of amides is 2. The average Bonchev–Trinajstić information content (AvgIpc) is 2.94. The second kappa shape index (κ2) is 14.1. The fourth-order valence-electron chi connectivity index (χ4n) is 5.37. The number of para-hydroxylation sites is 1. The van der Waals surface area contributed by atoms with E-state index < -0.39 is 28.5 Å². The quantitative estimate of drug-likeness (QED) is 0.295. The van der Waals surface area contributed by atoms with Crippen molar-refractivity contribution in [3.63, 3.8) is 0 Å². The highest BCUT2D eigenvalue weighted by molar-refractivity contribution is 9.10. The van der Waals surface area contributed by atoms with E-state index in [1.54, 1.807) is 17.0 Å². The average molecular weight is 641 g/mol. The van der Waals surface area contributed by atoms with Crippen molar-refractivity contribution in [2.45, 2.75) is 64.1 Å². The number of aryl methyl sites for hydroxylation is 1. The van der Waals surface area contributed by atoms with Gasteiger partial charge in [-0.15, -0.1) is 0 Å². The molecule has 2 amide bonds. The maximum Gasteiger partial charge on any atom is 0.244 e. The molecule has 3 aromatic rings. The van der Waals surface area contributed by atoms with Crippen molar-refractivity contribution >= 4 is 43.5 Å². The Hall–Kier alpha value is -3.17. The van der Waals surface area contributed by atoms with Crippen LogP contribution in [0, 0.1) is 6.92 Å². The molecule has 1 aliphatic rings. The van der Waals surface area contributed by atoms with Gasteiger partial charge < -0.3 is 10.2 Å². The summed E-state index contributed by atoms with van der Waals surface area (Å²) in [5.74, 6) is -0.663. The minimum Gasteiger partial charge on any atom is -0.352 e. The van der Waals surface area contributed by atoms with E-state index in [0.29, 0.717) is 12.1 Å². The summed E-state index contributed by atoms with van der Waals surface area (Å²) in [7, 11) is -3.80. The first-order valence-electron chi connectivity index (χ1n) is 14.0. The third kappa shape index (κ3) is 8.66. The van der Waals surface area contributed by atoms with Gasteiger partial charge in [0, 0.05) is 23.5 Å². The second-order valence-corrected chi connectivity index (χ2v) is 13.6. The molecule has 3 aromatic carbocycles. The molecule has 1 N–H and O–H groups in total. The summed E-state index contributed by atoms with van der Waals surface area (Å²) in [4.78, 5) is 29.8. The number of carbonyl (C=O) groups excluding carboxylic acids is 2. The van der Waals surface area contributed by atoms with E-state index in [2.05, 4.69) is 21.2 Å². The maximum atomic E-state index is 14.2. The van der Waals surface area contributed by atoms with Crippen LogP contribution in [0.2, 0.25) is 0 Å². The van der Waals surface area contributed by atoms with Gasteiger partial charge in [0.15, 0.2) is 0 Å². The fourth-order valence-corrected chi connectivity index (χ4v) is 6.72. The minimum atomic E-state index is -3.80. The molecule has 0 aromatic heterocycles. The van der Waals surface area contributed by atoms with E-state index in [1.807, 2.05) is 73.7 Å². The van der Waals surface area contributed by atoms with Crippen LogP contribution in [0.15, 0.2) is 83.3 Å². The van der Waals surface area contributed by atoms with Gasteiger partial charge in [0.2, 0.25) is 21.8 Å². The van der Waals surface area contributed by atoms with Crippen LogP contribution in [0.1, 0.15) is 48.8 Å². The van der Waals surface area contributed by atoms with Crippen molar-refractivity contribution in [3.05, 3.63) is 100 Å². The predicted molar refractivity (Wildman–Crippen MR) is 167 cm³/mol. The molecule has 1 atom stereocenters. The number of benzene rings is 3. The molecule has 4 rings (SSSR count). The van der Waals surface area contributed by atoms with Crippen LogP contribution in [-0.4, -0.2) is 50.0 Å². The summed E-state index contributed by atoms with van der Waals surface area (Å²) in [5, 5.41) is 3.22. The van der Waals surface area contributed by atoms with Gasteiger partial charge in [-0.25, -0.2) is 8.42 Å². The number of nitrogens with one attached hydrogen (secondary N) is 1. The third-order valence-electron chi connectivity index (χ3n) is 7.53. The first-order valence-corrected chi connectivity index (χ1v) is 16.7. The lowest BCUT2D eigenvalue weighted by molar-refractivity contribution is -0.140. The topological polar surface area (TPSA) is 86.8 Å². The Morgan fingerprint density at radius 3 is 2.24 bits per heavy atom. The number of anilines is 1. The largest absolute Gasteiger partial charge is 0.352 e. The van der Waals surface area contributed by atoms with Crippen LogP contribution < -0.4 is 9.62 Å². The summed E-state index contributed by atoms with van der Waals surface area (Å²) in [6.07, 6.45) is 6.53. The normalized spacial score (nSPS) is 14.7. The molecule has 0 bridgehead atoms. The van der Waals surface area contributed by atoms with Crippen LogP contribution in [-0.2, 0) is 32.6 Å². The number of hydrogen-bond donors (Lipinski definition) is 1. The van der Waals surface area contributed by atoms with Gasteiger partial charge in [-0.1, -0.05) is 95.9 Å². The number of sulfonamides is 1. The summed E-state index contributed by atoms with van der Waals surface area (Å²) in [5.41, 5.74) is 2.93. The van der Waals surface area contributed by atoms with Gasteiger partial charge >= 0.3 is 0 Å². The molecule has 1 unspecified atom stereocenters. The van der Waals surface area contributed by atoms with Crippen LogP contribution in [0.5, 0.6) is 0 Å². The molecule has 0 saturated heterocycles. The molecule has 1 fully saturated rings. The van der Waals surface area contributed by atoms with E-state index in [1.165, 1.54) is 0 Å². The molecule has 0 heterocycles. The first-order chi connectivity index (χ1) is 19.6. The standard InChI is InChI=1S/C32H38BrN3O4S/c1-24-12-9-10-19-29(24)36(41(2,39)40)23-31(37)35(22-26-15-11-16-27(33)20-26)30(21-25-13-5-3-6-14-25)32(38)34-28-17-7-4-8-18-28/h3,5-6,9-16,19-20,28,30H,4,7-8,17-18,21-23H2,1-2H3,(H,34,38). The predicted octanol–water partition coefficient (Wildman–Crippen LogP) is 5.61. The van der Waals surface area contributed by atoms with Crippen molar-refractivity contribution in [3.8, 4) is 0 Å².